The molecule has 0 fully saturated rings. The fourth-order valence-corrected chi connectivity index (χ4v) is 3.10. The van der Waals surface area contributed by atoms with Gasteiger partial charge in [-0.3, -0.25) is 9.69 Å². The summed E-state index contributed by atoms with van der Waals surface area (Å²) < 4.78 is 5.98. The van der Waals surface area contributed by atoms with Gasteiger partial charge in [-0.15, -0.1) is 0 Å². The van der Waals surface area contributed by atoms with Crippen LogP contribution in [0, 0.1) is 0 Å². The second kappa shape index (κ2) is 7.07. The Morgan fingerprint density at radius 3 is 2.44 bits per heavy atom. The van der Waals surface area contributed by atoms with Crippen LogP contribution in [0.3, 0.4) is 0 Å². The number of esters is 1. The average molecular weight is 398 g/mol. The van der Waals surface area contributed by atoms with E-state index in [9.17, 15) is 9.59 Å². The summed E-state index contributed by atoms with van der Waals surface area (Å²) in [5.74, 6) is -0.854. The van der Waals surface area contributed by atoms with Crippen LogP contribution in [0.15, 0.2) is 65.3 Å². The predicted octanol–water partition coefficient (Wildman–Crippen LogP) is 4.48. The fraction of sp³-hybridized carbons (Fsp3) is 0.100. The van der Waals surface area contributed by atoms with E-state index in [2.05, 4.69) is 22.5 Å². The summed E-state index contributed by atoms with van der Waals surface area (Å²) in [5.41, 5.74) is 2.61. The zero-order valence-corrected chi connectivity index (χ0v) is 15.2. The second-order valence-electron chi connectivity index (χ2n) is 5.40. The summed E-state index contributed by atoms with van der Waals surface area (Å²) in [4.78, 5) is 26.7. The van der Waals surface area contributed by atoms with E-state index in [-0.39, 0.29) is 18.2 Å². The number of halogens is 1. The van der Waals surface area contributed by atoms with Crippen molar-refractivity contribution in [3.05, 3.63) is 82.0 Å². The number of hydrogen-bond acceptors (Lipinski definition) is 3. The number of amides is 1. The summed E-state index contributed by atoms with van der Waals surface area (Å²) in [7, 11) is 0. The first kappa shape index (κ1) is 17.2. The van der Waals surface area contributed by atoms with Gasteiger partial charge < -0.3 is 4.74 Å². The first-order valence-corrected chi connectivity index (χ1v) is 8.60. The topological polar surface area (TPSA) is 46.6 Å². The molecule has 0 aliphatic carbocycles. The van der Waals surface area contributed by atoms with Gasteiger partial charge >= 0.3 is 5.97 Å². The van der Waals surface area contributed by atoms with E-state index in [1.165, 1.54) is 4.90 Å². The van der Waals surface area contributed by atoms with Crippen molar-refractivity contribution in [2.75, 3.05) is 6.61 Å². The van der Waals surface area contributed by atoms with Crippen molar-refractivity contribution in [3.8, 4) is 0 Å². The van der Waals surface area contributed by atoms with Crippen molar-refractivity contribution in [2.45, 2.75) is 6.92 Å². The molecule has 2 aromatic carbocycles. The normalized spacial score (nSPS) is 13.8. The maximum absolute atomic E-state index is 12.8. The van der Waals surface area contributed by atoms with E-state index in [4.69, 9.17) is 4.74 Å². The zero-order valence-electron chi connectivity index (χ0n) is 13.7. The van der Waals surface area contributed by atoms with Crippen molar-refractivity contribution < 1.29 is 14.3 Å². The van der Waals surface area contributed by atoms with Gasteiger partial charge in [0.15, 0.2) is 0 Å². The molecule has 5 heteroatoms. The van der Waals surface area contributed by atoms with Crippen LogP contribution in [0.25, 0.3) is 11.8 Å². The lowest BCUT2D eigenvalue weighted by molar-refractivity contribution is -0.139. The number of rotatable bonds is 4. The predicted molar refractivity (Wildman–Crippen MR) is 100 cm³/mol. The molecule has 0 bridgehead atoms. The van der Waals surface area contributed by atoms with Crippen LogP contribution in [0.5, 0.6) is 0 Å². The van der Waals surface area contributed by atoms with Gasteiger partial charge in [-0.1, -0.05) is 58.9 Å². The lowest BCUT2D eigenvalue weighted by Gasteiger charge is -2.20. The van der Waals surface area contributed by atoms with Crippen LogP contribution in [-0.4, -0.2) is 23.4 Å². The third kappa shape index (κ3) is 3.15. The highest BCUT2D eigenvalue weighted by Crippen LogP contribution is 2.35. The van der Waals surface area contributed by atoms with Crippen LogP contribution in [-0.2, 0) is 9.53 Å². The zero-order chi connectivity index (χ0) is 18.0. The van der Waals surface area contributed by atoms with E-state index in [1.807, 2.05) is 36.4 Å². The molecule has 1 aliphatic heterocycles. The summed E-state index contributed by atoms with van der Waals surface area (Å²) in [6, 6.07) is 14.6. The molecule has 1 heterocycles. The molecule has 0 N–H and O–H groups in total. The number of nitrogens with zero attached hydrogens (tertiary/aromatic N) is 1. The molecular weight excluding hydrogens is 382 g/mol. The van der Waals surface area contributed by atoms with Crippen molar-refractivity contribution in [2.24, 2.45) is 0 Å². The van der Waals surface area contributed by atoms with E-state index < -0.39 is 5.97 Å². The van der Waals surface area contributed by atoms with Gasteiger partial charge in [0, 0.05) is 15.6 Å². The molecule has 25 heavy (non-hydrogen) atoms. The molecule has 1 aliphatic rings. The summed E-state index contributed by atoms with van der Waals surface area (Å²) in [5, 5.41) is 0. The molecule has 1 amide bonds. The van der Waals surface area contributed by atoms with Crippen molar-refractivity contribution in [3.63, 3.8) is 0 Å². The van der Waals surface area contributed by atoms with Crippen LogP contribution in [0.1, 0.15) is 28.4 Å². The molecule has 0 spiro atoms. The van der Waals surface area contributed by atoms with Crippen LogP contribution in [0.2, 0.25) is 0 Å². The van der Waals surface area contributed by atoms with Crippen LogP contribution >= 0.6 is 15.9 Å². The molecule has 2 aromatic rings. The van der Waals surface area contributed by atoms with Gasteiger partial charge in [0.05, 0.1) is 12.3 Å². The van der Waals surface area contributed by atoms with Crippen LogP contribution in [0.4, 0.5) is 0 Å². The Balaban J connectivity index is 2.11. The highest BCUT2D eigenvalue weighted by molar-refractivity contribution is 9.10. The Labute approximate surface area is 154 Å². The van der Waals surface area contributed by atoms with E-state index in [1.54, 1.807) is 25.1 Å². The number of carbonyl (C=O) groups excluding carboxylic acids is 2. The lowest BCUT2D eigenvalue weighted by Crippen LogP contribution is -2.28. The summed E-state index contributed by atoms with van der Waals surface area (Å²) >= 11 is 3.46. The van der Waals surface area contributed by atoms with Gasteiger partial charge in [-0.2, -0.15) is 0 Å². The monoisotopic (exact) mass is 397 g/mol. The molecule has 0 saturated carbocycles. The molecule has 3 rings (SSSR count). The number of fused-ring (bicyclic) bond motifs is 1. The van der Waals surface area contributed by atoms with Crippen molar-refractivity contribution in [1.29, 1.82) is 0 Å². The number of carbonyl (C=O) groups is 2. The molecule has 0 unspecified atom stereocenters. The first-order valence-electron chi connectivity index (χ1n) is 7.80. The Bertz CT molecular complexity index is 866. The third-order valence-electron chi connectivity index (χ3n) is 3.86. The highest BCUT2D eigenvalue weighted by atomic mass is 79.9. The molecule has 0 atom stereocenters. The third-order valence-corrected chi connectivity index (χ3v) is 4.59. The van der Waals surface area contributed by atoms with Crippen molar-refractivity contribution in [1.82, 2.24) is 4.90 Å². The van der Waals surface area contributed by atoms with Gasteiger partial charge in [-0.05, 0) is 30.7 Å². The maximum Gasteiger partial charge on any atom is 0.355 e. The number of benzene rings is 2. The largest absolute Gasteiger partial charge is 0.461 e. The minimum absolute atomic E-state index is 0.139. The van der Waals surface area contributed by atoms with Gasteiger partial charge in [0.2, 0.25) is 0 Å². The molecule has 0 aromatic heterocycles. The Hall–Kier alpha value is -2.66. The SMILES string of the molecule is C=C1c2ccccc2C(=O)N1/C(=C/c1ccccc1Br)C(=O)OCC. The van der Waals surface area contributed by atoms with Crippen LogP contribution < -0.4 is 0 Å². The van der Waals surface area contributed by atoms with Gasteiger partial charge in [0.25, 0.3) is 5.91 Å². The smallest absolute Gasteiger partial charge is 0.355 e. The highest BCUT2D eigenvalue weighted by Gasteiger charge is 2.36. The van der Waals surface area contributed by atoms with E-state index >= 15 is 0 Å². The Morgan fingerprint density at radius 2 is 1.80 bits per heavy atom. The second-order valence-corrected chi connectivity index (χ2v) is 6.26. The van der Waals surface area contributed by atoms with Crippen molar-refractivity contribution >= 4 is 39.6 Å². The molecule has 0 saturated heterocycles. The molecule has 4 nitrogen and oxygen atoms in total. The number of ether oxygens (including phenoxy) is 1. The molecule has 0 radical (unpaired) electrons. The standard InChI is InChI=1S/C20H16BrNO3/c1-3-25-20(24)18(12-14-8-4-7-11-17(14)21)22-13(2)15-9-5-6-10-16(15)19(22)23/h4-12H,2-3H2,1H3/b18-12+. The minimum Gasteiger partial charge on any atom is -0.461 e. The average Bonchev–Trinajstić information content (AvgIpc) is 2.86. The number of hydrogen-bond donors (Lipinski definition) is 0. The van der Waals surface area contributed by atoms with E-state index in [0.29, 0.717) is 11.3 Å². The maximum atomic E-state index is 12.8. The summed E-state index contributed by atoms with van der Waals surface area (Å²) in [6.45, 7) is 5.94. The minimum atomic E-state index is -0.569. The quantitative estimate of drug-likeness (QED) is 0.564. The lowest BCUT2D eigenvalue weighted by atomic mass is 10.1. The fourth-order valence-electron chi connectivity index (χ4n) is 2.70. The van der Waals surface area contributed by atoms with Gasteiger partial charge in [0.1, 0.15) is 5.70 Å². The summed E-state index contributed by atoms with van der Waals surface area (Å²) in [6.07, 6.45) is 1.64. The molecular formula is C20H16BrNO3. The first-order chi connectivity index (χ1) is 12.0. The van der Waals surface area contributed by atoms with Gasteiger partial charge in [-0.25, -0.2) is 4.79 Å². The Kier molecular flexibility index (Phi) is 4.86. The van der Waals surface area contributed by atoms with E-state index in [0.717, 1.165) is 15.6 Å². The molecule has 126 valence electrons. The Morgan fingerprint density at radius 1 is 1.16 bits per heavy atom.